The van der Waals surface area contributed by atoms with E-state index < -0.39 is 0 Å². The summed E-state index contributed by atoms with van der Waals surface area (Å²) < 4.78 is 11.4. The normalized spacial score (nSPS) is 11.4. The Kier molecular flexibility index (Phi) is 7.04. The molecule has 0 aliphatic carbocycles. The summed E-state index contributed by atoms with van der Waals surface area (Å²) in [5.41, 5.74) is 5.08. The number of unbranched alkanes of at least 4 members (excludes halogenated alkanes) is 1. The highest BCUT2D eigenvalue weighted by Crippen LogP contribution is 2.32. The molecule has 0 radical (unpaired) electrons. The van der Waals surface area contributed by atoms with E-state index in [1.807, 2.05) is 24.4 Å². The van der Waals surface area contributed by atoms with Crippen LogP contribution in [-0.2, 0) is 12.8 Å². The zero-order valence-electron chi connectivity index (χ0n) is 19.4. The molecule has 1 heterocycles. The molecule has 33 heavy (non-hydrogen) atoms. The Balaban J connectivity index is 1.72. The maximum Gasteiger partial charge on any atom is 0.197 e. The molecule has 0 saturated carbocycles. The van der Waals surface area contributed by atoms with Gasteiger partial charge in [0.25, 0.3) is 0 Å². The van der Waals surface area contributed by atoms with E-state index in [1.165, 1.54) is 5.56 Å². The largest absolute Gasteiger partial charge is 0.497 e. The van der Waals surface area contributed by atoms with Crippen LogP contribution >= 0.6 is 0 Å². The third-order valence-corrected chi connectivity index (χ3v) is 5.83. The number of aryl methyl sites for hydroxylation is 2. The van der Waals surface area contributed by atoms with Crippen molar-refractivity contribution >= 4 is 28.7 Å². The number of ketones is 1. The van der Waals surface area contributed by atoms with Gasteiger partial charge in [-0.15, -0.1) is 0 Å². The summed E-state index contributed by atoms with van der Waals surface area (Å²) in [7, 11) is 1.61. The molecule has 3 aromatic carbocycles. The first-order valence-corrected chi connectivity index (χ1v) is 11.5. The number of hydrogen-bond donors (Lipinski definition) is 0. The second kappa shape index (κ2) is 10.3. The van der Waals surface area contributed by atoms with Gasteiger partial charge in [-0.25, -0.2) is 0 Å². The molecule has 0 unspecified atom stereocenters. The number of fused-ring (bicyclic) bond motifs is 1. The van der Waals surface area contributed by atoms with Gasteiger partial charge in [-0.05, 0) is 66.4 Å². The van der Waals surface area contributed by atoms with Gasteiger partial charge < -0.3 is 9.15 Å². The van der Waals surface area contributed by atoms with Crippen molar-refractivity contribution in [3.63, 3.8) is 0 Å². The van der Waals surface area contributed by atoms with Gasteiger partial charge in [0.05, 0.1) is 18.4 Å². The number of hydrogen-bond acceptors (Lipinski definition) is 4. The highest BCUT2D eigenvalue weighted by atomic mass is 16.5. The van der Waals surface area contributed by atoms with Gasteiger partial charge in [0.1, 0.15) is 17.1 Å². The molecule has 0 fully saturated rings. The van der Waals surface area contributed by atoms with E-state index in [0.717, 1.165) is 53.8 Å². The highest BCUT2D eigenvalue weighted by molar-refractivity contribution is 6.17. The minimum atomic E-state index is -0.0428. The summed E-state index contributed by atoms with van der Waals surface area (Å²) in [4.78, 5) is 18.2. The number of nitrogens with zero attached hydrogens (tertiary/aromatic N) is 1. The molecular formula is C29H29NO3. The first-order valence-electron chi connectivity index (χ1n) is 11.5. The maximum atomic E-state index is 13.5. The number of furan rings is 1. The van der Waals surface area contributed by atoms with Crippen LogP contribution in [0.5, 0.6) is 5.75 Å². The molecule has 0 atom stereocenters. The molecule has 0 N–H and O–H groups in total. The molecule has 0 bridgehead atoms. The van der Waals surface area contributed by atoms with Gasteiger partial charge in [-0.3, -0.25) is 9.79 Å². The van der Waals surface area contributed by atoms with Crippen molar-refractivity contribution in [1.82, 2.24) is 0 Å². The zero-order chi connectivity index (χ0) is 23.2. The first kappa shape index (κ1) is 22.5. The molecule has 1 aromatic heterocycles. The Morgan fingerprint density at radius 2 is 1.76 bits per heavy atom. The van der Waals surface area contributed by atoms with Crippen LogP contribution in [0.4, 0.5) is 5.69 Å². The molecule has 168 valence electrons. The molecule has 0 amide bonds. The van der Waals surface area contributed by atoms with Crippen LogP contribution in [0.25, 0.3) is 11.0 Å². The van der Waals surface area contributed by atoms with Crippen molar-refractivity contribution in [3.8, 4) is 5.75 Å². The van der Waals surface area contributed by atoms with Crippen molar-refractivity contribution in [3.05, 3.63) is 94.7 Å². The van der Waals surface area contributed by atoms with E-state index >= 15 is 0 Å². The lowest BCUT2D eigenvalue weighted by Crippen LogP contribution is -2.04. The van der Waals surface area contributed by atoms with Gasteiger partial charge in [0.2, 0.25) is 0 Å². The fraction of sp³-hybridized carbons (Fsp3) is 0.241. The third-order valence-electron chi connectivity index (χ3n) is 5.83. The summed E-state index contributed by atoms with van der Waals surface area (Å²) in [6, 6.07) is 21.4. The lowest BCUT2D eigenvalue weighted by atomic mass is 9.98. The number of carbonyl (C=O) groups excluding carboxylic acids is 1. The quantitative estimate of drug-likeness (QED) is 0.203. The van der Waals surface area contributed by atoms with Crippen LogP contribution in [0, 0.1) is 0 Å². The average Bonchev–Trinajstić information content (AvgIpc) is 3.23. The van der Waals surface area contributed by atoms with E-state index in [2.05, 4.69) is 43.1 Å². The zero-order valence-corrected chi connectivity index (χ0v) is 19.4. The van der Waals surface area contributed by atoms with E-state index in [-0.39, 0.29) is 5.78 Å². The minimum Gasteiger partial charge on any atom is -0.497 e. The molecule has 0 saturated heterocycles. The lowest BCUT2D eigenvalue weighted by Gasteiger charge is -2.05. The number of rotatable bonds is 9. The first-order chi connectivity index (χ1) is 16.1. The fourth-order valence-electron chi connectivity index (χ4n) is 3.85. The monoisotopic (exact) mass is 439 g/mol. The summed E-state index contributed by atoms with van der Waals surface area (Å²) in [6.45, 7) is 4.27. The SMILES string of the molecule is CCCCc1oc2ccc(N=Cc3ccc(CC)cc3)cc2c1C(=O)c1ccc(OC)cc1. The lowest BCUT2D eigenvalue weighted by molar-refractivity contribution is 0.103. The molecule has 0 aliphatic heterocycles. The van der Waals surface area contributed by atoms with Crippen LogP contribution in [0.15, 0.2) is 76.1 Å². The van der Waals surface area contributed by atoms with Gasteiger partial charge in [-0.2, -0.15) is 0 Å². The molecule has 4 heteroatoms. The molecule has 0 spiro atoms. The fourth-order valence-corrected chi connectivity index (χ4v) is 3.85. The predicted molar refractivity (Wildman–Crippen MR) is 134 cm³/mol. The van der Waals surface area contributed by atoms with E-state index in [9.17, 15) is 4.79 Å². The third kappa shape index (κ3) is 5.06. The summed E-state index contributed by atoms with van der Waals surface area (Å²) in [5.74, 6) is 1.42. The van der Waals surface area contributed by atoms with Crippen molar-refractivity contribution in [2.24, 2.45) is 4.99 Å². The van der Waals surface area contributed by atoms with Crippen LogP contribution < -0.4 is 4.74 Å². The second-order valence-corrected chi connectivity index (χ2v) is 8.10. The van der Waals surface area contributed by atoms with E-state index in [1.54, 1.807) is 31.4 Å². The van der Waals surface area contributed by atoms with Gasteiger partial charge in [0.15, 0.2) is 5.78 Å². The van der Waals surface area contributed by atoms with Crippen molar-refractivity contribution in [2.75, 3.05) is 7.11 Å². The van der Waals surface area contributed by atoms with Crippen molar-refractivity contribution in [2.45, 2.75) is 39.5 Å². The predicted octanol–water partition coefficient (Wildman–Crippen LogP) is 7.33. The molecular weight excluding hydrogens is 410 g/mol. The minimum absolute atomic E-state index is 0.0428. The topological polar surface area (TPSA) is 51.8 Å². The van der Waals surface area contributed by atoms with Crippen LogP contribution in [0.3, 0.4) is 0 Å². The Hall–Kier alpha value is -3.66. The Bertz CT molecular complexity index is 1260. The summed E-state index contributed by atoms with van der Waals surface area (Å²) in [6.07, 6.45) is 5.58. The Morgan fingerprint density at radius 3 is 2.42 bits per heavy atom. The Morgan fingerprint density at radius 1 is 1.00 bits per heavy atom. The molecule has 4 rings (SSSR count). The maximum absolute atomic E-state index is 13.5. The molecule has 0 aliphatic rings. The van der Waals surface area contributed by atoms with E-state index in [4.69, 9.17) is 9.15 Å². The highest BCUT2D eigenvalue weighted by Gasteiger charge is 2.22. The number of methoxy groups -OCH3 is 1. The smallest absolute Gasteiger partial charge is 0.197 e. The van der Waals surface area contributed by atoms with Crippen LogP contribution in [0.2, 0.25) is 0 Å². The number of benzene rings is 3. The van der Waals surface area contributed by atoms with Gasteiger partial charge in [0, 0.05) is 23.6 Å². The van der Waals surface area contributed by atoms with Crippen LogP contribution in [-0.4, -0.2) is 19.1 Å². The summed E-state index contributed by atoms with van der Waals surface area (Å²) in [5, 5.41) is 0.804. The van der Waals surface area contributed by atoms with Gasteiger partial charge >= 0.3 is 0 Å². The van der Waals surface area contributed by atoms with Crippen molar-refractivity contribution < 1.29 is 13.9 Å². The number of aliphatic imine (C=N–C) groups is 1. The number of ether oxygens (including phenoxy) is 1. The van der Waals surface area contributed by atoms with Crippen molar-refractivity contribution in [1.29, 1.82) is 0 Å². The van der Waals surface area contributed by atoms with E-state index in [0.29, 0.717) is 16.7 Å². The summed E-state index contributed by atoms with van der Waals surface area (Å²) >= 11 is 0. The molecule has 4 aromatic rings. The Labute approximate surface area is 194 Å². The number of carbonyl (C=O) groups is 1. The standard InChI is InChI=1S/C29H29NO3/c1-4-6-7-27-28(29(31)22-12-15-24(32-3)16-13-22)25-18-23(14-17-26(25)33-27)30-19-21-10-8-20(5-2)9-11-21/h8-19H,4-7H2,1-3H3. The second-order valence-electron chi connectivity index (χ2n) is 8.10. The molecule has 4 nitrogen and oxygen atoms in total. The average molecular weight is 440 g/mol. The van der Waals surface area contributed by atoms with Gasteiger partial charge in [-0.1, -0.05) is 44.5 Å². The van der Waals surface area contributed by atoms with Crippen LogP contribution in [0.1, 0.15) is 59.5 Å².